The summed E-state index contributed by atoms with van der Waals surface area (Å²) in [6.45, 7) is 4.26. The molecule has 0 N–H and O–H groups in total. The summed E-state index contributed by atoms with van der Waals surface area (Å²) >= 11 is 1.40. The van der Waals surface area contributed by atoms with Crippen molar-refractivity contribution in [1.82, 2.24) is 18.8 Å². The van der Waals surface area contributed by atoms with Crippen molar-refractivity contribution in [2.24, 2.45) is 7.05 Å². The summed E-state index contributed by atoms with van der Waals surface area (Å²) in [6, 6.07) is 13.8. The molecule has 1 saturated heterocycles. The maximum absolute atomic E-state index is 13.6. The van der Waals surface area contributed by atoms with E-state index in [4.69, 9.17) is 0 Å². The minimum Gasteiger partial charge on any atom is -0.364 e. The van der Waals surface area contributed by atoms with Crippen LogP contribution in [0, 0.1) is 17.1 Å². The maximum Gasteiger partial charge on any atom is 0.252 e. The number of fused-ring (bicyclic) bond motifs is 1. The van der Waals surface area contributed by atoms with Crippen molar-refractivity contribution in [3.63, 3.8) is 0 Å². The number of piperazine rings is 1. The third kappa shape index (κ3) is 3.95. The fraction of sp³-hybridized carbons (Fsp3) is 0.280. The van der Waals surface area contributed by atoms with Crippen LogP contribution in [0.4, 0.5) is 10.1 Å². The van der Waals surface area contributed by atoms with Gasteiger partial charge in [0.25, 0.3) is 5.56 Å². The van der Waals surface area contributed by atoms with Crippen LogP contribution in [0.1, 0.15) is 29.8 Å². The molecule has 1 aliphatic rings. The molecular weight excluding hydrogens is 451 g/mol. The quantitative estimate of drug-likeness (QED) is 0.449. The first-order chi connectivity index (χ1) is 16.5. The lowest BCUT2D eigenvalue weighted by molar-refractivity contribution is 0.188. The SMILES string of the molecule is C[C@H]1CN(C(c2ccc(F)cc2)c2cnsc2)CCN1c1cc(=O)n(C)c2ccc(C#N)nc12. The van der Waals surface area contributed by atoms with E-state index < -0.39 is 0 Å². The van der Waals surface area contributed by atoms with Gasteiger partial charge in [-0.2, -0.15) is 5.26 Å². The number of anilines is 1. The highest BCUT2D eigenvalue weighted by Crippen LogP contribution is 2.34. The van der Waals surface area contributed by atoms with Crippen molar-refractivity contribution in [3.05, 3.63) is 87.0 Å². The first kappa shape index (κ1) is 22.2. The van der Waals surface area contributed by atoms with Gasteiger partial charge in [0, 0.05) is 55.9 Å². The third-order valence-electron chi connectivity index (χ3n) is 6.47. The molecule has 1 unspecified atom stereocenters. The number of pyridine rings is 2. The predicted molar refractivity (Wildman–Crippen MR) is 130 cm³/mol. The zero-order valence-electron chi connectivity index (χ0n) is 18.8. The lowest BCUT2D eigenvalue weighted by atomic mass is 9.98. The fourth-order valence-corrected chi connectivity index (χ4v) is 5.33. The highest BCUT2D eigenvalue weighted by molar-refractivity contribution is 7.03. The molecule has 0 radical (unpaired) electrons. The number of hydrogen-bond donors (Lipinski definition) is 0. The summed E-state index contributed by atoms with van der Waals surface area (Å²) in [4.78, 5) is 21.8. The molecule has 172 valence electrons. The van der Waals surface area contributed by atoms with Gasteiger partial charge in [-0.1, -0.05) is 12.1 Å². The van der Waals surface area contributed by atoms with Crippen molar-refractivity contribution in [2.75, 3.05) is 24.5 Å². The van der Waals surface area contributed by atoms with E-state index in [0.717, 1.165) is 29.9 Å². The Labute approximate surface area is 200 Å². The van der Waals surface area contributed by atoms with Crippen LogP contribution in [-0.2, 0) is 7.05 Å². The standard InChI is InChI=1S/C25H23FN6OS/c1-16-14-31(25(18-13-28-34-15-18)17-3-5-19(26)6-4-17)9-10-32(16)22-11-23(33)30(2)21-8-7-20(12-27)29-24(21)22/h3-8,11,13,15-16,25H,9-10,14H2,1-2H3/t16-,25?/m0/s1. The smallest absolute Gasteiger partial charge is 0.252 e. The summed E-state index contributed by atoms with van der Waals surface area (Å²) in [5.74, 6) is -0.258. The zero-order chi connectivity index (χ0) is 23.8. The van der Waals surface area contributed by atoms with Crippen LogP contribution in [-0.4, -0.2) is 44.5 Å². The predicted octanol–water partition coefficient (Wildman–Crippen LogP) is 3.70. The molecule has 2 atom stereocenters. The minimum absolute atomic E-state index is 0.0346. The van der Waals surface area contributed by atoms with Gasteiger partial charge in [0.1, 0.15) is 23.1 Å². The number of rotatable bonds is 4. The molecule has 3 aromatic heterocycles. The Balaban J connectivity index is 1.50. The molecule has 7 nitrogen and oxygen atoms in total. The Morgan fingerprint density at radius 2 is 1.97 bits per heavy atom. The second kappa shape index (κ2) is 8.97. The topological polar surface area (TPSA) is 78.0 Å². The molecule has 9 heteroatoms. The van der Waals surface area contributed by atoms with E-state index in [9.17, 15) is 14.4 Å². The second-order valence-electron chi connectivity index (χ2n) is 8.55. The molecule has 0 bridgehead atoms. The van der Waals surface area contributed by atoms with Gasteiger partial charge in [-0.15, -0.1) is 0 Å². The van der Waals surface area contributed by atoms with Gasteiger partial charge in [0.2, 0.25) is 0 Å². The van der Waals surface area contributed by atoms with E-state index in [1.807, 2.05) is 23.7 Å². The van der Waals surface area contributed by atoms with Crippen LogP contribution in [0.15, 0.2) is 58.8 Å². The number of aryl methyl sites for hydroxylation is 1. The van der Waals surface area contributed by atoms with Gasteiger partial charge in [-0.25, -0.2) is 13.7 Å². The van der Waals surface area contributed by atoms with Gasteiger partial charge in [0.05, 0.1) is 17.2 Å². The molecule has 0 amide bonds. The monoisotopic (exact) mass is 474 g/mol. The Morgan fingerprint density at radius 3 is 2.65 bits per heavy atom. The normalized spacial score (nSPS) is 17.6. The van der Waals surface area contributed by atoms with Crippen molar-refractivity contribution in [3.8, 4) is 6.07 Å². The molecule has 0 saturated carbocycles. The number of hydrogen-bond acceptors (Lipinski definition) is 7. The Bertz CT molecular complexity index is 1430. The molecule has 4 heterocycles. The van der Waals surface area contributed by atoms with Crippen molar-refractivity contribution >= 4 is 28.3 Å². The molecule has 0 aliphatic carbocycles. The van der Waals surface area contributed by atoms with Crippen LogP contribution >= 0.6 is 11.5 Å². The van der Waals surface area contributed by atoms with E-state index in [-0.39, 0.29) is 23.5 Å². The maximum atomic E-state index is 13.6. The number of nitriles is 1. The molecule has 1 aromatic carbocycles. The van der Waals surface area contributed by atoms with Crippen LogP contribution in [0.25, 0.3) is 11.0 Å². The lowest BCUT2D eigenvalue weighted by Crippen LogP contribution is -2.53. The molecule has 4 aromatic rings. The van der Waals surface area contributed by atoms with Crippen LogP contribution in [0.5, 0.6) is 0 Å². The molecule has 5 rings (SSSR count). The minimum atomic E-state index is -0.258. The average Bonchev–Trinajstić information content (AvgIpc) is 3.37. The second-order valence-corrected chi connectivity index (χ2v) is 9.21. The Morgan fingerprint density at radius 1 is 1.18 bits per heavy atom. The summed E-state index contributed by atoms with van der Waals surface area (Å²) < 4.78 is 19.4. The van der Waals surface area contributed by atoms with Crippen LogP contribution < -0.4 is 10.5 Å². The van der Waals surface area contributed by atoms with Gasteiger partial charge in [-0.05, 0) is 48.3 Å². The van der Waals surface area contributed by atoms with Gasteiger partial charge >= 0.3 is 0 Å². The number of nitrogens with zero attached hydrogens (tertiary/aromatic N) is 6. The molecule has 1 fully saturated rings. The van der Waals surface area contributed by atoms with E-state index >= 15 is 0 Å². The summed E-state index contributed by atoms with van der Waals surface area (Å²) in [6.07, 6.45) is 1.87. The molecule has 34 heavy (non-hydrogen) atoms. The molecule has 1 aliphatic heterocycles. The average molecular weight is 475 g/mol. The van der Waals surface area contributed by atoms with E-state index in [0.29, 0.717) is 23.3 Å². The molecular formula is C25H23FN6OS. The Kier molecular flexibility index (Phi) is 5.86. The van der Waals surface area contributed by atoms with Gasteiger partial charge in [-0.3, -0.25) is 9.69 Å². The summed E-state index contributed by atoms with van der Waals surface area (Å²) in [7, 11) is 1.71. The van der Waals surface area contributed by atoms with Crippen molar-refractivity contribution < 1.29 is 4.39 Å². The largest absolute Gasteiger partial charge is 0.364 e. The number of benzene rings is 1. The summed E-state index contributed by atoms with van der Waals surface area (Å²) in [5.41, 5.74) is 4.40. The summed E-state index contributed by atoms with van der Waals surface area (Å²) in [5, 5.41) is 11.4. The Hall–Kier alpha value is -3.61. The van der Waals surface area contributed by atoms with Crippen molar-refractivity contribution in [2.45, 2.75) is 19.0 Å². The highest BCUT2D eigenvalue weighted by Gasteiger charge is 2.32. The van der Waals surface area contributed by atoms with Crippen LogP contribution in [0.2, 0.25) is 0 Å². The van der Waals surface area contributed by atoms with Crippen molar-refractivity contribution in [1.29, 1.82) is 5.26 Å². The molecule has 0 spiro atoms. The van der Waals surface area contributed by atoms with Gasteiger partial charge in [0.15, 0.2) is 0 Å². The number of halogens is 1. The third-order valence-corrected chi connectivity index (χ3v) is 7.07. The highest BCUT2D eigenvalue weighted by atomic mass is 32.1. The zero-order valence-corrected chi connectivity index (χ0v) is 19.7. The van der Waals surface area contributed by atoms with E-state index in [1.54, 1.807) is 29.8 Å². The fourth-order valence-electron chi connectivity index (χ4n) is 4.78. The number of aromatic nitrogens is 3. The van der Waals surface area contributed by atoms with Gasteiger partial charge < -0.3 is 9.47 Å². The van der Waals surface area contributed by atoms with Crippen LogP contribution in [0.3, 0.4) is 0 Å². The first-order valence-corrected chi connectivity index (χ1v) is 11.9. The van der Waals surface area contributed by atoms with E-state index in [2.05, 4.69) is 32.2 Å². The first-order valence-electron chi connectivity index (χ1n) is 11.0. The lowest BCUT2D eigenvalue weighted by Gasteiger charge is -2.44. The van der Waals surface area contributed by atoms with E-state index in [1.165, 1.54) is 23.7 Å².